The minimum atomic E-state index is -3.12. The molecule has 1 atom stereocenters. The van der Waals surface area contributed by atoms with E-state index < -0.39 is 10.0 Å². The number of piperidine rings is 1. The van der Waals surface area contributed by atoms with Crippen molar-refractivity contribution in [3.63, 3.8) is 0 Å². The van der Waals surface area contributed by atoms with Crippen LogP contribution in [0.1, 0.15) is 50.7 Å². The average molecular weight is 299 g/mol. The molecule has 20 heavy (non-hydrogen) atoms. The van der Waals surface area contributed by atoms with Gasteiger partial charge in [-0.15, -0.1) is 0 Å². The molecule has 7 heteroatoms. The van der Waals surface area contributed by atoms with Gasteiger partial charge in [-0.3, -0.25) is 0 Å². The van der Waals surface area contributed by atoms with Crippen LogP contribution in [-0.2, 0) is 10.0 Å². The van der Waals surface area contributed by atoms with E-state index in [2.05, 4.69) is 10.1 Å². The number of hydrogen-bond acceptors (Lipinski definition) is 5. The zero-order valence-corrected chi connectivity index (χ0v) is 13.0. The molecule has 0 radical (unpaired) electrons. The lowest BCUT2D eigenvalue weighted by Gasteiger charge is -2.33. The Morgan fingerprint density at radius 2 is 2.00 bits per heavy atom. The molecular weight excluding hydrogens is 278 g/mol. The summed E-state index contributed by atoms with van der Waals surface area (Å²) >= 11 is 0. The first kappa shape index (κ1) is 14.0. The maximum Gasteiger partial charge on any atom is 0.223 e. The second kappa shape index (κ2) is 4.53. The molecule has 1 saturated heterocycles. The summed E-state index contributed by atoms with van der Waals surface area (Å²) in [5.41, 5.74) is 0.208. The largest absolute Gasteiger partial charge is 0.340 e. The predicted molar refractivity (Wildman–Crippen MR) is 73.7 cm³/mol. The van der Waals surface area contributed by atoms with Crippen molar-refractivity contribution in [2.24, 2.45) is 5.41 Å². The van der Waals surface area contributed by atoms with Crippen LogP contribution in [0.4, 0.5) is 0 Å². The fourth-order valence-electron chi connectivity index (χ4n) is 3.21. The van der Waals surface area contributed by atoms with Crippen molar-refractivity contribution in [3.8, 4) is 0 Å². The van der Waals surface area contributed by atoms with Crippen molar-refractivity contribution in [1.82, 2.24) is 14.4 Å². The molecule has 1 saturated carbocycles. The molecule has 1 aliphatic heterocycles. The third-order valence-corrected chi connectivity index (χ3v) is 6.99. The van der Waals surface area contributed by atoms with Gasteiger partial charge >= 0.3 is 0 Å². The summed E-state index contributed by atoms with van der Waals surface area (Å²) in [6, 6.07) is 0. The van der Waals surface area contributed by atoms with Gasteiger partial charge in [0.05, 0.1) is 5.25 Å². The summed E-state index contributed by atoms with van der Waals surface area (Å²) in [5.74, 6) is 1.74. The lowest BCUT2D eigenvalue weighted by Crippen LogP contribution is -2.42. The summed E-state index contributed by atoms with van der Waals surface area (Å²) in [7, 11) is -3.12. The van der Waals surface area contributed by atoms with Crippen LogP contribution in [0, 0.1) is 12.3 Å². The van der Waals surface area contributed by atoms with Gasteiger partial charge in [0.2, 0.25) is 15.9 Å². The van der Waals surface area contributed by atoms with E-state index >= 15 is 0 Å². The number of sulfonamides is 1. The zero-order chi connectivity index (χ0) is 14.5. The zero-order valence-electron chi connectivity index (χ0n) is 12.2. The molecule has 0 bridgehead atoms. The minimum absolute atomic E-state index is 0.208. The Bertz CT molecular complexity index is 600. The maximum absolute atomic E-state index is 12.2. The van der Waals surface area contributed by atoms with E-state index in [4.69, 9.17) is 4.52 Å². The van der Waals surface area contributed by atoms with E-state index in [1.165, 1.54) is 0 Å². The number of nitrogens with zero attached hydrogens (tertiary/aromatic N) is 3. The Morgan fingerprint density at radius 3 is 2.50 bits per heavy atom. The van der Waals surface area contributed by atoms with Crippen LogP contribution in [0.5, 0.6) is 0 Å². The third kappa shape index (κ3) is 2.16. The molecule has 1 aromatic rings. The monoisotopic (exact) mass is 299 g/mol. The first-order valence-electron chi connectivity index (χ1n) is 7.14. The van der Waals surface area contributed by atoms with Gasteiger partial charge < -0.3 is 4.52 Å². The number of rotatable bonds is 3. The summed E-state index contributed by atoms with van der Waals surface area (Å²) in [4.78, 5) is 4.31. The highest BCUT2D eigenvalue weighted by atomic mass is 32.2. The Kier molecular flexibility index (Phi) is 3.17. The number of aryl methyl sites for hydroxylation is 1. The topological polar surface area (TPSA) is 76.3 Å². The van der Waals surface area contributed by atoms with Gasteiger partial charge in [-0.25, -0.2) is 12.7 Å². The van der Waals surface area contributed by atoms with Crippen LogP contribution in [0.3, 0.4) is 0 Å². The van der Waals surface area contributed by atoms with E-state index in [1.807, 2.05) is 0 Å². The van der Waals surface area contributed by atoms with Crippen molar-refractivity contribution >= 4 is 10.0 Å². The summed E-state index contributed by atoms with van der Waals surface area (Å²) < 4.78 is 31.0. The van der Waals surface area contributed by atoms with Gasteiger partial charge in [-0.05, 0) is 38.5 Å². The molecule has 6 nitrogen and oxygen atoms in total. The maximum atomic E-state index is 12.2. The lowest BCUT2D eigenvalue weighted by molar-refractivity contribution is 0.248. The Morgan fingerprint density at radius 1 is 1.35 bits per heavy atom. The molecular formula is C13H21N3O3S. The molecule has 0 aromatic carbocycles. The second-order valence-corrected chi connectivity index (χ2v) is 8.77. The lowest BCUT2D eigenvalue weighted by atomic mass is 9.92. The molecule has 2 aliphatic rings. The quantitative estimate of drug-likeness (QED) is 0.849. The fraction of sp³-hybridized carbons (Fsp3) is 0.846. The smallest absolute Gasteiger partial charge is 0.223 e. The first-order chi connectivity index (χ1) is 9.35. The predicted octanol–water partition coefficient (Wildman–Crippen LogP) is 1.69. The van der Waals surface area contributed by atoms with Crippen molar-refractivity contribution < 1.29 is 12.9 Å². The molecule has 1 unspecified atom stereocenters. The summed E-state index contributed by atoms with van der Waals surface area (Å²) in [6.45, 7) is 6.51. The summed E-state index contributed by atoms with van der Waals surface area (Å²) in [5, 5.41) is 3.66. The highest BCUT2D eigenvalue weighted by Gasteiger charge is 2.58. The number of hydrogen-bond donors (Lipinski definition) is 0. The highest BCUT2D eigenvalue weighted by Crippen LogP contribution is 2.64. The molecule has 0 N–H and O–H groups in total. The second-order valence-electron chi connectivity index (χ2n) is 6.28. The van der Waals surface area contributed by atoms with Gasteiger partial charge in [0.1, 0.15) is 0 Å². The summed E-state index contributed by atoms with van der Waals surface area (Å²) in [6.07, 6.45) is 2.86. The van der Waals surface area contributed by atoms with Crippen molar-refractivity contribution in [2.45, 2.75) is 51.2 Å². The molecule has 1 aliphatic carbocycles. The van der Waals surface area contributed by atoms with E-state index in [9.17, 15) is 8.42 Å². The third-order valence-electron chi connectivity index (χ3n) is 4.72. The van der Waals surface area contributed by atoms with Crippen LogP contribution in [0.2, 0.25) is 0 Å². The first-order valence-corrected chi connectivity index (χ1v) is 8.65. The normalized spacial score (nSPS) is 26.3. The van der Waals surface area contributed by atoms with Crippen molar-refractivity contribution in [3.05, 3.63) is 11.7 Å². The van der Waals surface area contributed by atoms with E-state index in [0.29, 0.717) is 24.9 Å². The van der Waals surface area contributed by atoms with Gasteiger partial charge in [-0.2, -0.15) is 4.98 Å². The molecule has 2 heterocycles. The molecule has 2 fully saturated rings. The van der Waals surface area contributed by atoms with E-state index in [0.717, 1.165) is 25.1 Å². The van der Waals surface area contributed by atoms with Crippen LogP contribution >= 0.6 is 0 Å². The van der Waals surface area contributed by atoms with Crippen LogP contribution in [0.15, 0.2) is 4.52 Å². The Balaban J connectivity index is 1.66. The van der Waals surface area contributed by atoms with E-state index in [-0.39, 0.29) is 10.7 Å². The van der Waals surface area contributed by atoms with Gasteiger partial charge in [0, 0.05) is 25.9 Å². The number of aromatic nitrogens is 2. The Labute approximate surface area is 119 Å². The van der Waals surface area contributed by atoms with Gasteiger partial charge in [0.15, 0.2) is 5.82 Å². The van der Waals surface area contributed by atoms with Crippen molar-refractivity contribution in [1.29, 1.82) is 0 Å². The van der Waals surface area contributed by atoms with Crippen LogP contribution in [0.25, 0.3) is 0 Å². The molecule has 0 amide bonds. The minimum Gasteiger partial charge on any atom is -0.340 e. The standard InChI is InChI=1S/C13H21N3O3S/c1-9(2)20(17,18)16-6-4-13(5-7-16)8-11(13)12-14-10(3)19-15-12/h9,11H,4-8H2,1-3H3. The van der Waals surface area contributed by atoms with E-state index in [1.54, 1.807) is 25.1 Å². The highest BCUT2D eigenvalue weighted by molar-refractivity contribution is 7.89. The van der Waals surface area contributed by atoms with Gasteiger partial charge in [-0.1, -0.05) is 5.16 Å². The Hall–Kier alpha value is -0.950. The fourth-order valence-corrected chi connectivity index (χ4v) is 4.49. The van der Waals surface area contributed by atoms with Crippen LogP contribution in [-0.4, -0.2) is 41.2 Å². The average Bonchev–Trinajstić information content (AvgIpc) is 2.90. The molecule has 112 valence electrons. The van der Waals surface area contributed by atoms with Gasteiger partial charge in [0.25, 0.3) is 0 Å². The molecule has 1 spiro atoms. The van der Waals surface area contributed by atoms with Crippen LogP contribution < -0.4 is 0 Å². The molecule has 3 rings (SSSR count). The SMILES string of the molecule is Cc1nc(C2CC23CCN(S(=O)(=O)C(C)C)CC3)no1. The molecule has 1 aromatic heterocycles. The van der Waals surface area contributed by atoms with Crippen molar-refractivity contribution in [2.75, 3.05) is 13.1 Å².